The molecule has 2 aromatic rings. The van der Waals surface area contributed by atoms with Crippen LogP contribution >= 0.6 is 11.3 Å². The number of aromatic nitrogens is 2. The summed E-state index contributed by atoms with van der Waals surface area (Å²) >= 11 is 1.91. The number of nitrogens with zero attached hydrogens (tertiary/aromatic N) is 4. The Bertz CT molecular complexity index is 761. The highest BCUT2D eigenvalue weighted by atomic mass is 32.1. The second-order valence-corrected chi connectivity index (χ2v) is 9.26. The molecule has 0 N–H and O–H groups in total. The van der Waals surface area contributed by atoms with Crippen molar-refractivity contribution in [3.8, 4) is 0 Å². The largest absolute Gasteiger partial charge is 0.356 e. The Morgan fingerprint density at radius 2 is 2.00 bits per heavy atom. The molecule has 2 aliphatic rings. The fraction of sp³-hybridized carbons (Fsp3) is 0.714. The van der Waals surface area contributed by atoms with E-state index in [4.69, 9.17) is 9.97 Å². The van der Waals surface area contributed by atoms with Crippen molar-refractivity contribution >= 4 is 27.4 Å². The fourth-order valence-electron chi connectivity index (χ4n) is 4.60. The van der Waals surface area contributed by atoms with Crippen molar-refractivity contribution in [3.05, 3.63) is 16.3 Å². The zero-order chi connectivity index (χ0) is 18.1. The van der Waals surface area contributed by atoms with Crippen molar-refractivity contribution in [3.63, 3.8) is 0 Å². The Balaban J connectivity index is 1.48. The molecule has 1 aliphatic heterocycles. The number of thiophene rings is 1. The maximum Gasteiger partial charge on any atom is 0.141 e. The molecule has 0 atom stereocenters. The minimum absolute atomic E-state index is 0.833. The van der Waals surface area contributed by atoms with Gasteiger partial charge < -0.3 is 9.80 Å². The van der Waals surface area contributed by atoms with Crippen molar-refractivity contribution in [2.75, 3.05) is 38.1 Å². The predicted octanol–water partition coefficient (Wildman–Crippen LogP) is 4.44. The average Bonchev–Trinajstić information content (AvgIpc) is 3.20. The summed E-state index contributed by atoms with van der Waals surface area (Å²) in [4.78, 5) is 17.5. The Morgan fingerprint density at radius 1 is 1.19 bits per heavy atom. The highest BCUT2D eigenvalue weighted by Gasteiger charge is 2.27. The highest BCUT2D eigenvalue weighted by Crippen LogP contribution is 2.41. The number of unbranched alkanes of at least 4 members (excludes halogenated alkanes) is 1. The van der Waals surface area contributed by atoms with E-state index < -0.39 is 0 Å². The molecule has 0 saturated carbocycles. The summed E-state index contributed by atoms with van der Waals surface area (Å²) in [7, 11) is 2.29. The Labute approximate surface area is 161 Å². The number of anilines is 1. The van der Waals surface area contributed by atoms with Crippen LogP contribution in [0.5, 0.6) is 0 Å². The van der Waals surface area contributed by atoms with Gasteiger partial charge in [-0.3, -0.25) is 0 Å². The second kappa shape index (κ2) is 7.81. The van der Waals surface area contributed by atoms with E-state index in [0.717, 1.165) is 24.8 Å². The van der Waals surface area contributed by atoms with Crippen molar-refractivity contribution in [2.45, 2.75) is 58.8 Å². The van der Waals surface area contributed by atoms with E-state index in [2.05, 4.69) is 23.8 Å². The van der Waals surface area contributed by atoms with Crippen molar-refractivity contribution in [1.82, 2.24) is 14.9 Å². The van der Waals surface area contributed by atoms with Crippen molar-refractivity contribution < 1.29 is 0 Å². The fourth-order valence-corrected chi connectivity index (χ4v) is 5.90. The third-order valence-electron chi connectivity index (χ3n) is 6.03. The van der Waals surface area contributed by atoms with Crippen LogP contribution in [-0.2, 0) is 12.8 Å². The molecule has 5 heteroatoms. The topological polar surface area (TPSA) is 32.3 Å². The van der Waals surface area contributed by atoms with Crippen LogP contribution < -0.4 is 4.90 Å². The lowest BCUT2D eigenvalue weighted by Gasteiger charge is -2.35. The van der Waals surface area contributed by atoms with E-state index in [-0.39, 0.29) is 0 Å². The monoisotopic (exact) mass is 372 g/mol. The van der Waals surface area contributed by atoms with Crippen LogP contribution in [0.4, 0.5) is 5.82 Å². The highest BCUT2D eigenvalue weighted by molar-refractivity contribution is 7.19. The van der Waals surface area contributed by atoms with Gasteiger partial charge in [0, 0.05) is 24.5 Å². The minimum Gasteiger partial charge on any atom is -0.356 e. The zero-order valence-corrected chi connectivity index (χ0v) is 17.4. The molecule has 0 aromatic carbocycles. The smallest absolute Gasteiger partial charge is 0.141 e. The summed E-state index contributed by atoms with van der Waals surface area (Å²) in [5, 5.41) is 1.38. The van der Waals surface area contributed by atoms with Crippen LogP contribution in [0.15, 0.2) is 0 Å². The summed E-state index contributed by atoms with van der Waals surface area (Å²) in [6.45, 7) is 9.09. The summed E-state index contributed by atoms with van der Waals surface area (Å²) < 4.78 is 0. The van der Waals surface area contributed by atoms with E-state index in [1.807, 2.05) is 18.3 Å². The molecular weight excluding hydrogens is 340 g/mol. The van der Waals surface area contributed by atoms with Gasteiger partial charge in [0.15, 0.2) is 0 Å². The number of rotatable bonds is 6. The van der Waals surface area contributed by atoms with Crippen LogP contribution in [0.25, 0.3) is 10.2 Å². The standard InChI is InChI=1S/C21H32N4S/c1-4-5-11-24(3)14-16-9-12-25(13-10-16)20-19-17-7-6-8-18(17)26-21(19)23-15(2)22-20/h16H,4-14H2,1-3H3. The van der Waals surface area contributed by atoms with Crippen LogP contribution in [0.1, 0.15) is 55.3 Å². The SMILES string of the molecule is CCCCN(C)CC1CCN(c2nc(C)nc3sc4c(c23)CCC4)CC1. The van der Waals surface area contributed by atoms with E-state index in [0.29, 0.717) is 0 Å². The number of hydrogen-bond donors (Lipinski definition) is 0. The van der Waals surface area contributed by atoms with E-state index in [1.165, 1.54) is 74.1 Å². The maximum absolute atomic E-state index is 4.91. The molecule has 1 saturated heterocycles. The molecule has 2 aromatic heterocycles. The molecule has 0 radical (unpaired) electrons. The Morgan fingerprint density at radius 3 is 2.77 bits per heavy atom. The predicted molar refractivity (Wildman–Crippen MR) is 112 cm³/mol. The van der Waals surface area contributed by atoms with Crippen molar-refractivity contribution in [1.29, 1.82) is 0 Å². The molecule has 4 nitrogen and oxygen atoms in total. The first-order valence-electron chi connectivity index (χ1n) is 10.4. The van der Waals surface area contributed by atoms with E-state index in [9.17, 15) is 0 Å². The molecule has 0 bridgehead atoms. The van der Waals surface area contributed by atoms with E-state index in [1.54, 1.807) is 10.4 Å². The number of fused-ring (bicyclic) bond motifs is 3. The van der Waals surface area contributed by atoms with E-state index >= 15 is 0 Å². The van der Waals surface area contributed by atoms with Gasteiger partial charge in [0.25, 0.3) is 0 Å². The lowest BCUT2D eigenvalue weighted by molar-refractivity contribution is 0.246. The molecule has 0 amide bonds. The van der Waals surface area contributed by atoms with Crippen LogP contribution in [0.3, 0.4) is 0 Å². The van der Waals surface area contributed by atoms with Gasteiger partial charge in [-0.05, 0) is 70.5 Å². The quantitative estimate of drug-likeness (QED) is 0.750. The number of hydrogen-bond acceptors (Lipinski definition) is 5. The van der Waals surface area contributed by atoms with Gasteiger partial charge in [0.05, 0.1) is 5.39 Å². The third-order valence-corrected chi connectivity index (χ3v) is 7.22. The Kier molecular flexibility index (Phi) is 5.46. The first kappa shape index (κ1) is 18.2. The molecule has 1 fully saturated rings. The van der Waals surface area contributed by atoms with Gasteiger partial charge in [-0.15, -0.1) is 11.3 Å². The summed E-state index contributed by atoms with van der Waals surface area (Å²) in [5.74, 6) is 2.98. The lowest BCUT2D eigenvalue weighted by Crippen LogP contribution is -2.38. The second-order valence-electron chi connectivity index (χ2n) is 8.18. The molecule has 142 valence electrons. The van der Waals surface area contributed by atoms with Crippen LogP contribution in [-0.4, -0.2) is 48.1 Å². The van der Waals surface area contributed by atoms with Gasteiger partial charge in [-0.2, -0.15) is 0 Å². The summed E-state index contributed by atoms with van der Waals surface area (Å²) in [5.41, 5.74) is 1.56. The number of piperidine rings is 1. The molecule has 0 spiro atoms. The lowest BCUT2D eigenvalue weighted by atomic mass is 9.96. The van der Waals surface area contributed by atoms with Crippen LogP contribution in [0, 0.1) is 12.8 Å². The minimum atomic E-state index is 0.833. The normalized spacial score (nSPS) is 18.2. The summed E-state index contributed by atoms with van der Waals surface area (Å²) in [6.07, 6.45) is 8.93. The van der Waals surface area contributed by atoms with Gasteiger partial charge in [-0.1, -0.05) is 13.3 Å². The molecule has 4 rings (SSSR count). The maximum atomic E-state index is 4.91. The third kappa shape index (κ3) is 3.61. The molecule has 3 heterocycles. The molecular formula is C21H32N4S. The van der Waals surface area contributed by atoms with Gasteiger partial charge in [0.2, 0.25) is 0 Å². The number of aryl methyl sites for hydroxylation is 3. The van der Waals surface area contributed by atoms with Gasteiger partial charge in [0.1, 0.15) is 16.5 Å². The van der Waals surface area contributed by atoms with Gasteiger partial charge in [-0.25, -0.2) is 9.97 Å². The molecule has 1 aliphatic carbocycles. The van der Waals surface area contributed by atoms with Crippen LogP contribution in [0.2, 0.25) is 0 Å². The molecule has 26 heavy (non-hydrogen) atoms. The first-order valence-corrected chi connectivity index (χ1v) is 11.2. The zero-order valence-electron chi connectivity index (χ0n) is 16.6. The average molecular weight is 373 g/mol. The Hall–Kier alpha value is -1.20. The van der Waals surface area contributed by atoms with Crippen molar-refractivity contribution in [2.24, 2.45) is 5.92 Å². The van der Waals surface area contributed by atoms with Gasteiger partial charge >= 0.3 is 0 Å². The molecule has 0 unspecified atom stereocenters. The first-order chi connectivity index (χ1) is 12.7. The summed E-state index contributed by atoms with van der Waals surface area (Å²) in [6, 6.07) is 0.